The Kier molecular flexibility index (Phi) is 4.73. The molecule has 5 heteroatoms. The molecule has 0 spiro atoms. The van der Waals surface area contributed by atoms with Crippen LogP contribution >= 0.6 is 23.4 Å². The molecule has 1 aromatic rings. The molecule has 100 valence electrons. The van der Waals surface area contributed by atoms with E-state index in [4.69, 9.17) is 11.6 Å². The quantitative estimate of drug-likeness (QED) is 0.747. The molecule has 0 aliphatic heterocycles. The number of nitrogens with zero attached hydrogens (tertiary/aromatic N) is 3. The molecule has 1 saturated carbocycles. The van der Waals surface area contributed by atoms with Crippen LogP contribution in [0.15, 0.2) is 6.07 Å². The first-order chi connectivity index (χ1) is 8.61. The highest BCUT2D eigenvalue weighted by Gasteiger charge is 2.27. The van der Waals surface area contributed by atoms with Crippen molar-refractivity contribution in [2.45, 2.75) is 38.1 Å². The normalized spacial score (nSPS) is 16.7. The summed E-state index contributed by atoms with van der Waals surface area (Å²) in [5.41, 5.74) is 0. The Balaban J connectivity index is 2.10. The van der Waals surface area contributed by atoms with Crippen LogP contribution in [0.2, 0.25) is 5.15 Å². The molecule has 0 N–H and O–H groups in total. The lowest BCUT2D eigenvalue weighted by atomic mass is 10.2. The molecule has 18 heavy (non-hydrogen) atoms. The average molecular weight is 286 g/mol. The standard InChI is InChI=1S/C13H20ClN3S/c1-9(6-7-18-3)17(2)12-8-11(14)15-13(16-12)10-4-5-10/h8-10H,4-7H2,1-3H3. The number of hydrogen-bond acceptors (Lipinski definition) is 4. The van der Waals surface area contributed by atoms with Crippen LogP contribution in [0.1, 0.15) is 37.9 Å². The molecule has 1 aromatic heterocycles. The van der Waals surface area contributed by atoms with Gasteiger partial charge in [0.15, 0.2) is 0 Å². The number of anilines is 1. The van der Waals surface area contributed by atoms with Gasteiger partial charge in [-0.05, 0) is 38.2 Å². The Bertz CT molecular complexity index is 409. The summed E-state index contributed by atoms with van der Waals surface area (Å²) in [7, 11) is 2.08. The number of thioether (sulfide) groups is 1. The van der Waals surface area contributed by atoms with Gasteiger partial charge in [0.1, 0.15) is 16.8 Å². The molecular weight excluding hydrogens is 266 g/mol. The molecule has 0 bridgehead atoms. The summed E-state index contributed by atoms with van der Waals surface area (Å²) >= 11 is 7.97. The summed E-state index contributed by atoms with van der Waals surface area (Å²) in [6, 6.07) is 2.33. The van der Waals surface area contributed by atoms with Crippen LogP contribution in [0, 0.1) is 0 Å². The SMILES string of the molecule is CSCCC(C)N(C)c1cc(Cl)nc(C2CC2)n1. The van der Waals surface area contributed by atoms with E-state index in [1.807, 2.05) is 17.8 Å². The van der Waals surface area contributed by atoms with Crippen molar-refractivity contribution in [1.82, 2.24) is 9.97 Å². The maximum absolute atomic E-state index is 6.09. The van der Waals surface area contributed by atoms with E-state index in [0.29, 0.717) is 17.1 Å². The predicted octanol–water partition coefficient (Wildman–Crippen LogP) is 3.59. The first-order valence-corrected chi connectivity index (χ1v) is 8.15. The third-order valence-electron chi connectivity index (χ3n) is 3.40. The van der Waals surface area contributed by atoms with Gasteiger partial charge in [-0.2, -0.15) is 11.8 Å². The Hall–Kier alpha value is -0.480. The van der Waals surface area contributed by atoms with Crippen molar-refractivity contribution < 1.29 is 0 Å². The third-order valence-corrected chi connectivity index (χ3v) is 4.24. The highest BCUT2D eigenvalue weighted by atomic mass is 35.5. The molecule has 1 unspecified atom stereocenters. The molecule has 0 saturated heterocycles. The summed E-state index contributed by atoms with van der Waals surface area (Å²) < 4.78 is 0. The van der Waals surface area contributed by atoms with Crippen LogP contribution in [0.25, 0.3) is 0 Å². The molecule has 0 aromatic carbocycles. The first-order valence-electron chi connectivity index (χ1n) is 6.38. The fourth-order valence-corrected chi connectivity index (χ4v) is 2.60. The second-order valence-corrected chi connectivity index (χ2v) is 6.30. The number of halogens is 1. The molecule has 1 atom stereocenters. The summed E-state index contributed by atoms with van der Waals surface area (Å²) in [6.07, 6.45) is 5.69. The van der Waals surface area contributed by atoms with E-state index < -0.39 is 0 Å². The lowest BCUT2D eigenvalue weighted by Crippen LogP contribution is -2.30. The van der Waals surface area contributed by atoms with Gasteiger partial charge in [-0.15, -0.1) is 0 Å². The van der Waals surface area contributed by atoms with Crippen molar-refractivity contribution in [2.24, 2.45) is 0 Å². The topological polar surface area (TPSA) is 29.0 Å². The summed E-state index contributed by atoms with van der Waals surface area (Å²) in [5.74, 6) is 3.57. The van der Waals surface area contributed by atoms with Crippen molar-refractivity contribution in [3.05, 3.63) is 17.0 Å². The minimum atomic E-state index is 0.468. The molecule has 1 aliphatic rings. The van der Waals surface area contributed by atoms with E-state index in [2.05, 4.69) is 35.1 Å². The highest BCUT2D eigenvalue weighted by molar-refractivity contribution is 7.98. The predicted molar refractivity (Wildman–Crippen MR) is 79.9 cm³/mol. The van der Waals surface area contributed by atoms with Gasteiger partial charge < -0.3 is 4.90 Å². The van der Waals surface area contributed by atoms with Gasteiger partial charge in [0.05, 0.1) is 0 Å². The molecular formula is C13H20ClN3S. The van der Waals surface area contributed by atoms with Crippen LogP contribution in [0.4, 0.5) is 5.82 Å². The van der Waals surface area contributed by atoms with Gasteiger partial charge in [0.2, 0.25) is 0 Å². The lowest BCUT2D eigenvalue weighted by Gasteiger charge is -2.26. The van der Waals surface area contributed by atoms with Gasteiger partial charge >= 0.3 is 0 Å². The van der Waals surface area contributed by atoms with Gasteiger partial charge in [-0.25, -0.2) is 9.97 Å². The summed E-state index contributed by atoms with van der Waals surface area (Å²) in [5, 5.41) is 0.561. The molecule has 1 aliphatic carbocycles. The molecule has 1 heterocycles. The minimum Gasteiger partial charge on any atom is -0.357 e. The van der Waals surface area contributed by atoms with Crippen molar-refractivity contribution in [1.29, 1.82) is 0 Å². The Labute approximate surface area is 118 Å². The molecule has 0 amide bonds. The maximum atomic E-state index is 6.09. The third kappa shape index (κ3) is 3.51. The molecule has 2 rings (SSSR count). The number of aromatic nitrogens is 2. The van der Waals surface area contributed by atoms with Gasteiger partial charge in [0, 0.05) is 25.1 Å². The Morgan fingerprint density at radius 1 is 1.50 bits per heavy atom. The fourth-order valence-electron chi connectivity index (χ4n) is 1.84. The van der Waals surface area contributed by atoms with Gasteiger partial charge in [-0.3, -0.25) is 0 Å². The van der Waals surface area contributed by atoms with Crippen LogP contribution in [-0.2, 0) is 0 Å². The summed E-state index contributed by atoms with van der Waals surface area (Å²) in [4.78, 5) is 11.2. The zero-order valence-electron chi connectivity index (χ0n) is 11.2. The smallest absolute Gasteiger partial charge is 0.135 e. The molecule has 1 fully saturated rings. The van der Waals surface area contributed by atoms with Gasteiger partial charge in [-0.1, -0.05) is 11.6 Å². The van der Waals surface area contributed by atoms with E-state index >= 15 is 0 Å². The van der Waals surface area contributed by atoms with Crippen LogP contribution in [0.5, 0.6) is 0 Å². The van der Waals surface area contributed by atoms with E-state index in [9.17, 15) is 0 Å². The maximum Gasteiger partial charge on any atom is 0.135 e. The average Bonchev–Trinajstić information content (AvgIpc) is 3.18. The van der Waals surface area contributed by atoms with Crippen molar-refractivity contribution in [3.63, 3.8) is 0 Å². The second-order valence-electron chi connectivity index (χ2n) is 4.92. The summed E-state index contributed by atoms with van der Waals surface area (Å²) in [6.45, 7) is 2.23. The molecule has 3 nitrogen and oxygen atoms in total. The van der Waals surface area contributed by atoms with Crippen molar-refractivity contribution in [3.8, 4) is 0 Å². The Morgan fingerprint density at radius 2 is 2.22 bits per heavy atom. The lowest BCUT2D eigenvalue weighted by molar-refractivity contribution is 0.658. The monoisotopic (exact) mass is 285 g/mol. The van der Waals surface area contributed by atoms with E-state index in [-0.39, 0.29) is 0 Å². The van der Waals surface area contributed by atoms with E-state index in [0.717, 1.165) is 18.1 Å². The molecule has 0 radical (unpaired) electrons. The van der Waals surface area contributed by atoms with E-state index in [1.54, 1.807) is 0 Å². The highest BCUT2D eigenvalue weighted by Crippen LogP contribution is 2.39. The Morgan fingerprint density at radius 3 is 2.83 bits per heavy atom. The first kappa shape index (κ1) is 13.9. The number of rotatable bonds is 6. The van der Waals surface area contributed by atoms with Crippen molar-refractivity contribution in [2.75, 3.05) is 24.0 Å². The van der Waals surface area contributed by atoms with Crippen LogP contribution in [0.3, 0.4) is 0 Å². The zero-order chi connectivity index (χ0) is 13.1. The van der Waals surface area contributed by atoms with Gasteiger partial charge in [0.25, 0.3) is 0 Å². The van der Waals surface area contributed by atoms with Crippen molar-refractivity contribution >= 4 is 29.2 Å². The fraction of sp³-hybridized carbons (Fsp3) is 0.692. The minimum absolute atomic E-state index is 0.468. The largest absolute Gasteiger partial charge is 0.357 e. The number of hydrogen-bond donors (Lipinski definition) is 0. The zero-order valence-corrected chi connectivity index (χ0v) is 12.8. The van der Waals surface area contributed by atoms with Crippen LogP contribution in [-0.4, -0.2) is 35.1 Å². The second kappa shape index (κ2) is 6.11. The van der Waals surface area contributed by atoms with E-state index in [1.165, 1.54) is 18.6 Å². The van der Waals surface area contributed by atoms with Crippen LogP contribution < -0.4 is 4.90 Å².